The molecule has 2 atom stereocenters. The van der Waals surface area contributed by atoms with Crippen molar-refractivity contribution in [2.45, 2.75) is 31.8 Å². The first-order valence-corrected chi connectivity index (χ1v) is 6.90. The lowest BCUT2D eigenvalue weighted by Crippen LogP contribution is -2.56. The maximum atomic E-state index is 12.1. The van der Waals surface area contributed by atoms with Gasteiger partial charge in [0.25, 0.3) is 0 Å². The lowest BCUT2D eigenvalue weighted by molar-refractivity contribution is -0.142. The maximum Gasteiger partial charge on any atom is 0.326 e. The van der Waals surface area contributed by atoms with Crippen LogP contribution in [-0.4, -0.2) is 78.8 Å². The van der Waals surface area contributed by atoms with E-state index >= 15 is 0 Å². The molecule has 0 radical (unpaired) electrons. The highest BCUT2D eigenvalue weighted by Crippen LogP contribution is 2.08. The summed E-state index contributed by atoms with van der Waals surface area (Å²) in [6.07, 6.45) is -0.0378. The molecule has 1 unspecified atom stereocenters. The Morgan fingerprint density at radius 1 is 1.38 bits per heavy atom. The molecule has 120 valence electrons. The number of methoxy groups -OCH3 is 1. The number of ether oxygens (including phenoxy) is 1. The Balaban J connectivity index is 2.52. The lowest BCUT2D eigenvalue weighted by atomic mass is 10.1. The molecule has 1 heterocycles. The van der Waals surface area contributed by atoms with Crippen LogP contribution >= 0.6 is 0 Å². The van der Waals surface area contributed by atoms with Crippen molar-refractivity contribution in [3.63, 3.8) is 0 Å². The van der Waals surface area contributed by atoms with Crippen LogP contribution < -0.4 is 5.32 Å². The third-order valence-corrected chi connectivity index (χ3v) is 3.71. The van der Waals surface area contributed by atoms with Crippen LogP contribution in [0.4, 0.5) is 4.79 Å². The predicted octanol–water partition coefficient (Wildman–Crippen LogP) is -0.262. The molecule has 8 heteroatoms. The number of aliphatic carboxylic acids is 1. The van der Waals surface area contributed by atoms with Gasteiger partial charge >= 0.3 is 18.0 Å². The molecule has 1 aliphatic rings. The quantitative estimate of drug-likeness (QED) is 0.679. The third kappa shape index (κ3) is 5.22. The van der Waals surface area contributed by atoms with E-state index in [0.717, 1.165) is 6.54 Å². The molecular formula is C13H23N3O5. The van der Waals surface area contributed by atoms with Gasteiger partial charge in [0.1, 0.15) is 6.04 Å². The average molecular weight is 301 g/mol. The van der Waals surface area contributed by atoms with Crippen molar-refractivity contribution in [3.8, 4) is 0 Å². The molecule has 21 heavy (non-hydrogen) atoms. The average Bonchev–Trinajstić information content (AvgIpc) is 2.45. The van der Waals surface area contributed by atoms with Gasteiger partial charge in [0.15, 0.2) is 0 Å². The monoisotopic (exact) mass is 301 g/mol. The summed E-state index contributed by atoms with van der Waals surface area (Å²) in [7, 11) is 3.22. The van der Waals surface area contributed by atoms with Crippen LogP contribution in [0.1, 0.15) is 19.8 Å². The highest BCUT2D eigenvalue weighted by Gasteiger charge is 2.28. The fraction of sp³-hybridized carbons (Fsp3) is 0.769. The van der Waals surface area contributed by atoms with Gasteiger partial charge in [0, 0.05) is 32.1 Å². The molecule has 1 aliphatic heterocycles. The van der Waals surface area contributed by atoms with Gasteiger partial charge < -0.3 is 25.0 Å². The zero-order valence-corrected chi connectivity index (χ0v) is 12.7. The van der Waals surface area contributed by atoms with E-state index in [9.17, 15) is 14.4 Å². The second-order valence-corrected chi connectivity index (χ2v) is 5.23. The van der Waals surface area contributed by atoms with Crippen molar-refractivity contribution in [2.75, 3.05) is 33.8 Å². The van der Waals surface area contributed by atoms with Gasteiger partial charge in [0.2, 0.25) is 0 Å². The van der Waals surface area contributed by atoms with E-state index in [2.05, 4.69) is 15.0 Å². The molecule has 2 amide bonds. The summed E-state index contributed by atoms with van der Waals surface area (Å²) in [5.74, 6) is -1.65. The van der Waals surface area contributed by atoms with E-state index in [1.165, 1.54) is 7.11 Å². The highest BCUT2D eigenvalue weighted by atomic mass is 16.5. The van der Waals surface area contributed by atoms with Crippen LogP contribution in [0.25, 0.3) is 0 Å². The maximum absolute atomic E-state index is 12.1. The van der Waals surface area contributed by atoms with Crippen LogP contribution in [0.15, 0.2) is 0 Å². The van der Waals surface area contributed by atoms with Gasteiger partial charge in [-0.15, -0.1) is 0 Å². The SMILES string of the molecule is COC(=O)CC[C@H](NC(=O)N1CCN(C)C(C)C1)C(=O)O. The molecule has 8 nitrogen and oxygen atoms in total. The molecule has 0 aromatic carbocycles. The second kappa shape index (κ2) is 7.82. The minimum absolute atomic E-state index is 0.0110. The topological polar surface area (TPSA) is 99.2 Å². The Hall–Kier alpha value is -1.83. The van der Waals surface area contributed by atoms with Crippen LogP contribution in [0, 0.1) is 0 Å². The number of carboxylic acid groups (broad SMARTS) is 1. The Morgan fingerprint density at radius 3 is 2.57 bits per heavy atom. The number of likely N-dealkylation sites (N-methyl/N-ethyl adjacent to an activating group) is 1. The van der Waals surface area contributed by atoms with Crippen molar-refractivity contribution in [1.29, 1.82) is 0 Å². The van der Waals surface area contributed by atoms with E-state index in [0.29, 0.717) is 13.1 Å². The molecule has 1 saturated heterocycles. The fourth-order valence-electron chi connectivity index (χ4n) is 2.09. The fourth-order valence-corrected chi connectivity index (χ4v) is 2.09. The zero-order valence-electron chi connectivity index (χ0n) is 12.7. The molecule has 0 saturated carbocycles. The molecule has 0 spiro atoms. The summed E-state index contributed by atoms with van der Waals surface area (Å²) in [5, 5.41) is 11.6. The number of esters is 1. The molecule has 0 aromatic heterocycles. The Bertz CT molecular complexity index is 401. The number of amides is 2. The van der Waals surface area contributed by atoms with Crippen molar-refractivity contribution < 1.29 is 24.2 Å². The number of nitrogens with zero attached hydrogens (tertiary/aromatic N) is 2. The summed E-state index contributed by atoms with van der Waals surface area (Å²) in [5.41, 5.74) is 0. The molecule has 1 fully saturated rings. The Morgan fingerprint density at radius 2 is 2.05 bits per heavy atom. The van der Waals surface area contributed by atoms with E-state index in [1.54, 1.807) is 4.90 Å². The number of hydrogen-bond donors (Lipinski definition) is 2. The van der Waals surface area contributed by atoms with E-state index in [4.69, 9.17) is 5.11 Å². The van der Waals surface area contributed by atoms with Gasteiger partial charge in [0.05, 0.1) is 7.11 Å². The third-order valence-electron chi connectivity index (χ3n) is 3.71. The standard InChI is InChI=1S/C13H23N3O5/c1-9-8-16(7-6-15(9)2)13(20)14-10(12(18)19)4-5-11(17)21-3/h9-10H,4-8H2,1-3H3,(H,14,20)(H,18,19)/t9?,10-/m0/s1. The summed E-state index contributed by atoms with van der Waals surface area (Å²) in [4.78, 5) is 38.0. The molecule has 0 aliphatic carbocycles. The number of hydrogen-bond acceptors (Lipinski definition) is 5. The number of urea groups is 1. The van der Waals surface area contributed by atoms with E-state index in [1.807, 2.05) is 14.0 Å². The molecule has 1 rings (SSSR count). The molecule has 0 aromatic rings. The first-order chi connectivity index (χ1) is 9.85. The van der Waals surface area contributed by atoms with E-state index in [-0.39, 0.29) is 18.9 Å². The van der Waals surface area contributed by atoms with Crippen LogP contribution in [0.2, 0.25) is 0 Å². The zero-order chi connectivity index (χ0) is 16.0. The number of carboxylic acids is 1. The highest BCUT2D eigenvalue weighted by molar-refractivity contribution is 5.83. The first kappa shape index (κ1) is 17.2. The van der Waals surface area contributed by atoms with Crippen LogP contribution in [-0.2, 0) is 14.3 Å². The van der Waals surface area contributed by atoms with Gasteiger partial charge in [-0.05, 0) is 20.4 Å². The minimum Gasteiger partial charge on any atom is -0.480 e. The summed E-state index contributed by atoms with van der Waals surface area (Å²) in [6.45, 7) is 3.85. The molecule has 2 N–H and O–H groups in total. The van der Waals surface area contributed by atoms with E-state index < -0.39 is 24.0 Å². The molecule has 0 bridgehead atoms. The second-order valence-electron chi connectivity index (χ2n) is 5.23. The van der Waals surface area contributed by atoms with Crippen LogP contribution in [0.3, 0.4) is 0 Å². The lowest BCUT2D eigenvalue weighted by Gasteiger charge is -2.38. The number of carbonyl (C=O) groups excluding carboxylic acids is 2. The molecular weight excluding hydrogens is 278 g/mol. The normalized spacial score (nSPS) is 20.7. The van der Waals surface area contributed by atoms with Gasteiger partial charge in [-0.3, -0.25) is 4.79 Å². The van der Waals surface area contributed by atoms with Gasteiger partial charge in [-0.1, -0.05) is 0 Å². The van der Waals surface area contributed by atoms with Gasteiger partial charge in [-0.2, -0.15) is 0 Å². The number of rotatable bonds is 5. The first-order valence-electron chi connectivity index (χ1n) is 6.90. The smallest absolute Gasteiger partial charge is 0.326 e. The summed E-state index contributed by atoms with van der Waals surface area (Å²) in [6, 6.07) is -1.28. The van der Waals surface area contributed by atoms with Crippen molar-refractivity contribution in [3.05, 3.63) is 0 Å². The number of nitrogens with one attached hydrogen (secondary N) is 1. The predicted molar refractivity (Wildman–Crippen MR) is 74.9 cm³/mol. The Labute approximate surface area is 124 Å². The van der Waals surface area contributed by atoms with Crippen LogP contribution in [0.5, 0.6) is 0 Å². The minimum atomic E-state index is -1.16. The van der Waals surface area contributed by atoms with Crippen molar-refractivity contribution in [2.24, 2.45) is 0 Å². The van der Waals surface area contributed by atoms with Gasteiger partial charge in [-0.25, -0.2) is 9.59 Å². The number of carbonyl (C=O) groups is 3. The summed E-state index contributed by atoms with van der Waals surface area (Å²) >= 11 is 0. The van der Waals surface area contributed by atoms with Crippen molar-refractivity contribution in [1.82, 2.24) is 15.1 Å². The van der Waals surface area contributed by atoms with Crippen molar-refractivity contribution >= 4 is 18.0 Å². The Kier molecular flexibility index (Phi) is 6.41. The largest absolute Gasteiger partial charge is 0.480 e. The summed E-state index contributed by atoms with van der Waals surface area (Å²) < 4.78 is 4.47. The number of piperazine rings is 1.